The predicted molar refractivity (Wildman–Crippen MR) is 73.2 cm³/mol. The van der Waals surface area contributed by atoms with Crippen LogP contribution < -0.4 is 0 Å². The van der Waals surface area contributed by atoms with E-state index in [0.29, 0.717) is 5.92 Å². The summed E-state index contributed by atoms with van der Waals surface area (Å²) in [5.74, 6) is 0.416. The van der Waals surface area contributed by atoms with Gasteiger partial charge in [0, 0.05) is 11.5 Å². The molecular weight excluding hydrogens is 264 g/mol. The van der Waals surface area contributed by atoms with E-state index < -0.39 is 0 Å². The molecular formula is C12H10N4S2. The predicted octanol–water partition coefficient (Wildman–Crippen LogP) is 3.18. The molecule has 18 heavy (non-hydrogen) atoms. The van der Waals surface area contributed by atoms with Crippen LogP contribution in [-0.4, -0.2) is 17.5 Å². The monoisotopic (exact) mass is 274 g/mol. The Morgan fingerprint density at radius 2 is 1.89 bits per heavy atom. The maximum Gasteiger partial charge on any atom is 0.108 e. The smallest absolute Gasteiger partial charge is 0.108 e. The number of fused-ring (bicyclic) bond motifs is 5. The number of benzene rings is 1. The van der Waals surface area contributed by atoms with Gasteiger partial charge in [-0.25, -0.2) is 0 Å². The first kappa shape index (κ1) is 10.5. The van der Waals surface area contributed by atoms with Crippen molar-refractivity contribution in [2.24, 2.45) is 0 Å². The molecule has 4 nitrogen and oxygen atoms in total. The van der Waals surface area contributed by atoms with E-state index in [1.807, 2.05) is 0 Å². The fourth-order valence-corrected chi connectivity index (χ4v) is 3.97. The van der Waals surface area contributed by atoms with Gasteiger partial charge >= 0.3 is 0 Å². The highest BCUT2D eigenvalue weighted by Gasteiger charge is 2.28. The molecule has 1 unspecified atom stereocenters. The van der Waals surface area contributed by atoms with Gasteiger partial charge in [0.15, 0.2) is 0 Å². The molecule has 0 bridgehead atoms. The van der Waals surface area contributed by atoms with Gasteiger partial charge < -0.3 is 0 Å². The molecule has 0 N–H and O–H groups in total. The van der Waals surface area contributed by atoms with Crippen LogP contribution in [0.4, 0.5) is 0 Å². The molecule has 1 aromatic carbocycles. The average Bonchev–Trinajstić information content (AvgIpc) is 2.98. The van der Waals surface area contributed by atoms with Crippen LogP contribution in [-0.2, 0) is 6.42 Å². The third-order valence-electron chi connectivity index (χ3n) is 3.58. The summed E-state index contributed by atoms with van der Waals surface area (Å²) in [6.07, 6.45) is 0.982. The number of rotatable bonds is 0. The van der Waals surface area contributed by atoms with Crippen molar-refractivity contribution in [2.75, 3.05) is 0 Å². The summed E-state index contributed by atoms with van der Waals surface area (Å²) in [6.45, 7) is 4.29. The van der Waals surface area contributed by atoms with Crippen molar-refractivity contribution in [3.8, 4) is 11.3 Å². The molecule has 0 saturated carbocycles. The van der Waals surface area contributed by atoms with Crippen LogP contribution in [0.25, 0.3) is 22.3 Å². The van der Waals surface area contributed by atoms with E-state index in [0.717, 1.165) is 28.8 Å². The highest BCUT2D eigenvalue weighted by molar-refractivity contribution is 7.00. The van der Waals surface area contributed by atoms with Crippen LogP contribution in [0.3, 0.4) is 0 Å². The molecule has 2 heterocycles. The summed E-state index contributed by atoms with van der Waals surface area (Å²) in [6, 6.07) is 2.19. The summed E-state index contributed by atoms with van der Waals surface area (Å²) >= 11 is 2.59. The van der Waals surface area contributed by atoms with Gasteiger partial charge in [0.1, 0.15) is 16.7 Å². The molecule has 0 saturated heterocycles. The fraction of sp³-hybridized carbons (Fsp3) is 0.333. The lowest BCUT2D eigenvalue weighted by molar-refractivity contribution is 0.733. The van der Waals surface area contributed by atoms with E-state index in [1.54, 1.807) is 0 Å². The minimum absolute atomic E-state index is 0.416. The lowest BCUT2D eigenvalue weighted by Gasteiger charge is -2.20. The van der Waals surface area contributed by atoms with E-state index >= 15 is 0 Å². The Hall–Kier alpha value is -1.40. The molecule has 0 amide bonds. The van der Waals surface area contributed by atoms with Gasteiger partial charge in [-0.05, 0) is 30.5 Å². The van der Waals surface area contributed by atoms with Crippen molar-refractivity contribution in [1.29, 1.82) is 0 Å². The second-order valence-corrected chi connectivity index (χ2v) is 5.84. The largest absolute Gasteiger partial charge is 0.177 e. The summed E-state index contributed by atoms with van der Waals surface area (Å²) in [5.41, 5.74) is 7.94. The van der Waals surface area contributed by atoms with E-state index in [1.165, 1.54) is 40.1 Å². The lowest BCUT2D eigenvalue weighted by atomic mass is 9.84. The molecule has 90 valence electrons. The number of hydrogen-bond donors (Lipinski definition) is 0. The second kappa shape index (κ2) is 3.55. The van der Waals surface area contributed by atoms with Crippen molar-refractivity contribution >= 4 is 34.5 Å². The van der Waals surface area contributed by atoms with Crippen molar-refractivity contribution in [1.82, 2.24) is 17.5 Å². The Bertz CT molecular complexity index is 759. The molecule has 0 radical (unpaired) electrons. The Morgan fingerprint density at radius 3 is 2.78 bits per heavy atom. The van der Waals surface area contributed by atoms with E-state index in [4.69, 9.17) is 0 Å². The molecule has 3 aromatic rings. The summed E-state index contributed by atoms with van der Waals surface area (Å²) in [5, 5.41) is 0. The third kappa shape index (κ3) is 1.24. The maximum absolute atomic E-state index is 4.47. The minimum Gasteiger partial charge on any atom is -0.177 e. The topological polar surface area (TPSA) is 51.6 Å². The molecule has 0 aliphatic heterocycles. The minimum atomic E-state index is 0.416. The fourth-order valence-electron chi connectivity index (χ4n) is 2.67. The molecule has 0 spiro atoms. The van der Waals surface area contributed by atoms with Gasteiger partial charge in [0.25, 0.3) is 0 Å². The first-order valence-electron chi connectivity index (χ1n) is 5.83. The molecule has 4 rings (SSSR count). The van der Waals surface area contributed by atoms with Gasteiger partial charge in [-0.2, -0.15) is 17.5 Å². The van der Waals surface area contributed by atoms with Gasteiger partial charge in [-0.15, -0.1) is 0 Å². The van der Waals surface area contributed by atoms with Crippen molar-refractivity contribution in [2.45, 2.75) is 26.2 Å². The van der Waals surface area contributed by atoms with E-state index in [-0.39, 0.29) is 0 Å². The first-order valence-corrected chi connectivity index (χ1v) is 7.29. The van der Waals surface area contributed by atoms with Crippen LogP contribution >= 0.6 is 23.5 Å². The molecule has 6 heteroatoms. The van der Waals surface area contributed by atoms with Crippen LogP contribution in [0, 0.1) is 6.92 Å². The highest BCUT2D eigenvalue weighted by Crippen LogP contribution is 2.41. The SMILES string of the molecule is Cc1cc2c(c3nsnc13)CC(C)c1nsnc1-2. The zero-order valence-corrected chi connectivity index (χ0v) is 11.6. The lowest BCUT2D eigenvalue weighted by Crippen LogP contribution is -2.09. The standard InChI is InChI=1S/C12H10N4S2/c1-5-3-7-8(11-9(5)13-17-15-11)4-6(2)10-12(7)16-18-14-10/h3,6H,4H2,1-2H3. The van der Waals surface area contributed by atoms with Gasteiger partial charge in [0.05, 0.1) is 29.2 Å². The van der Waals surface area contributed by atoms with Crippen LogP contribution in [0.15, 0.2) is 6.07 Å². The van der Waals surface area contributed by atoms with Gasteiger partial charge in [-0.1, -0.05) is 6.92 Å². The summed E-state index contributed by atoms with van der Waals surface area (Å²) in [7, 11) is 0. The van der Waals surface area contributed by atoms with E-state index in [2.05, 4.69) is 37.4 Å². The molecule has 1 atom stereocenters. The Morgan fingerprint density at radius 1 is 1.11 bits per heavy atom. The quantitative estimate of drug-likeness (QED) is 0.632. The van der Waals surface area contributed by atoms with Gasteiger partial charge in [-0.3, -0.25) is 0 Å². The van der Waals surface area contributed by atoms with Crippen LogP contribution in [0.1, 0.15) is 29.7 Å². The maximum atomic E-state index is 4.47. The number of nitrogens with zero attached hydrogens (tertiary/aromatic N) is 4. The van der Waals surface area contributed by atoms with Gasteiger partial charge in [0.2, 0.25) is 0 Å². The first-order chi connectivity index (χ1) is 8.75. The highest BCUT2D eigenvalue weighted by atomic mass is 32.1. The summed E-state index contributed by atoms with van der Waals surface area (Å²) < 4.78 is 17.8. The van der Waals surface area contributed by atoms with Crippen LogP contribution in [0.5, 0.6) is 0 Å². The molecule has 0 fully saturated rings. The van der Waals surface area contributed by atoms with Crippen molar-refractivity contribution in [3.63, 3.8) is 0 Å². The molecule has 1 aliphatic rings. The van der Waals surface area contributed by atoms with E-state index in [9.17, 15) is 0 Å². The Balaban J connectivity index is 2.14. The Labute approximate surface area is 112 Å². The summed E-state index contributed by atoms with van der Waals surface area (Å²) in [4.78, 5) is 0. The second-order valence-electron chi connectivity index (χ2n) is 4.78. The number of aryl methyl sites for hydroxylation is 1. The number of aromatic nitrogens is 4. The van der Waals surface area contributed by atoms with Crippen molar-refractivity contribution in [3.05, 3.63) is 22.9 Å². The normalized spacial score (nSPS) is 17.8. The van der Waals surface area contributed by atoms with Crippen LogP contribution in [0.2, 0.25) is 0 Å². The average molecular weight is 274 g/mol. The van der Waals surface area contributed by atoms with Crippen molar-refractivity contribution < 1.29 is 0 Å². The zero-order chi connectivity index (χ0) is 12.3. The Kier molecular flexibility index (Phi) is 2.07. The molecule has 1 aliphatic carbocycles. The third-order valence-corrected chi connectivity index (χ3v) is 4.65. The zero-order valence-electron chi connectivity index (χ0n) is 9.97. The molecule has 2 aromatic heterocycles. The number of hydrogen-bond acceptors (Lipinski definition) is 6.